The van der Waals surface area contributed by atoms with Crippen LogP contribution in [0.3, 0.4) is 0 Å². The number of nitrogens with one attached hydrogen (secondary N) is 1. The number of amides is 1. The maximum Gasteiger partial charge on any atom is 0.246 e. The molecule has 4 N–H and O–H groups in total. The zero-order valence-electron chi connectivity index (χ0n) is 9.19. The lowest BCUT2D eigenvalue weighted by Crippen LogP contribution is -2.27. The first kappa shape index (κ1) is 12.3. The van der Waals surface area contributed by atoms with E-state index in [9.17, 15) is 9.90 Å². The third-order valence-electron chi connectivity index (χ3n) is 2.02. The Morgan fingerprint density at radius 2 is 2.31 bits per heavy atom. The summed E-state index contributed by atoms with van der Waals surface area (Å²) in [5.74, 6) is -0.102. The number of anilines is 1. The first-order chi connectivity index (χ1) is 7.63. The van der Waals surface area contributed by atoms with Crippen molar-refractivity contribution in [1.82, 2.24) is 5.32 Å². The van der Waals surface area contributed by atoms with Crippen LogP contribution in [-0.2, 0) is 16.1 Å². The molecule has 0 aliphatic rings. The van der Waals surface area contributed by atoms with Gasteiger partial charge in [0.15, 0.2) is 0 Å². The Balaban J connectivity index is 2.47. The number of carbonyl (C=O) groups is 1. The Morgan fingerprint density at radius 3 is 3.00 bits per heavy atom. The molecule has 0 fully saturated rings. The van der Waals surface area contributed by atoms with Crippen LogP contribution in [0.15, 0.2) is 18.2 Å². The van der Waals surface area contributed by atoms with E-state index in [1.54, 1.807) is 12.1 Å². The lowest BCUT2D eigenvalue weighted by molar-refractivity contribution is -0.125. The fourth-order valence-corrected chi connectivity index (χ4v) is 1.19. The summed E-state index contributed by atoms with van der Waals surface area (Å²) in [7, 11) is 0. The highest BCUT2D eigenvalue weighted by molar-refractivity contribution is 5.77. The van der Waals surface area contributed by atoms with Gasteiger partial charge in [0.2, 0.25) is 5.91 Å². The van der Waals surface area contributed by atoms with Crippen molar-refractivity contribution in [1.29, 1.82) is 0 Å². The van der Waals surface area contributed by atoms with E-state index in [4.69, 9.17) is 10.5 Å². The van der Waals surface area contributed by atoms with Crippen molar-refractivity contribution in [2.45, 2.75) is 13.5 Å². The molecule has 0 heterocycles. The molecule has 0 radical (unpaired) electrons. The minimum atomic E-state index is -0.219. The van der Waals surface area contributed by atoms with Crippen LogP contribution in [0.25, 0.3) is 0 Å². The number of carbonyl (C=O) groups excluding carboxylic acids is 1. The molecular weight excluding hydrogens is 208 g/mol. The molecule has 5 heteroatoms. The zero-order valence-corrected chi connectivity index (χ0v) is 9.19. The smallest absolute Gasteiger partial charge is 0.246 e. The zero-order chi connectivity index (χ0) is 12.0. The molecule has 1 rings (SSSR count). The third kappa shape index (κ3) is 3.78. The number of nitrogens with two attached hydrogens (primary N) is 1. The summed E-state index contributed by atoms with van der Waals surface area (Å²) in [6.45, 7) is 2.58. The Hall–Kier alpha value is -1.75. The first-order valence-corrected chi connectivity index (χ1v) is 5.05. The number of hydrogen-bond donors (Lipinski definition) is 3. The van der Waals surface area contributed by atoms with E-state index in [1.165, 1.54) is 6.07 Å². The molecular formula is C11H16N2O3. The first-order valence-electron chi connectivity index (χ1n) is 5.05. The summed E-state index contributed by atoms with van der Waals surface area (Å²) in [5.41, 5.74) is 6.70. The van der Waals surface area contributed by atoms with Crippen molar-refractivity contribution in [3.63, 3.8) is 0 Å². The Labute approximate surface area is 94.2 Å². The number of hydrogen-bond acceptors (Lipinski definition) is 4. The molecule has 0 aromatic heterocycles. The summed E-state index contributed by atoms with van der Waals surface area (Å²) < 4.78 is 4.94. The van der Waals surface area contributed by atoms with Crippen molar-refractivity contribution in [2.24, 2.45) is 0 Å². The van der Waals surface area contributed by atoms with Gasteiger partial charge in [-0.05, 0) is 25.1 Å². The number of nitrogen functional groups attached to an aromatic ring is 1. The van der Waals surface area contributed by atoms with E-state index in [2.05, 4.69) is 5.32 Å². The second kappa shape index (κ2) is 5.97. The second-order valence-corrected chi connectivity index (χ2v) is 3.30. The van der Waals surface area contributed by atoms with Gasteiger partial charge >= 0.3 is 0 Å². The molecule has 16 heavy (non-hydrogen) atoms. The van der Waals surface area contributed by atoms with E-state index in [0.29, 0.717) is 17.9 Å². The van der Waals surface area contributed by atoms with Gasteiger partial charge in [-0.25, -0.2) is 0 Å². The normalized spacial score (nSPS) is 10.1. The van der Waals surface area contributed by atoms with Crippen molar-refractivity contribution < 1.29 is 14.6 Å². The summed E-state index contributed by atoms with van der Waals surface area (Å²) in [4.78, 5) is 11.2. The van der Waals surface area contributed by atoms with E-state index in [1.807, 2.05) is 6.92 Å². The van der Waals surface area contributed by atoms with Gasteiger partial charge in [-0.15, -0.1) is 0 Å². The Kier molecular flexibility index (Phi) is 4.60. The molecule has 1 aromatic carbocycles. The van der Waals surface area contributed by atoms with Crippen LogP contribution in [0.4, 0.5) is 5.69 Å². The van der Waals surface area contributed by atoms with Crippen LogP contribution < -0.4 is 11.1 Å². The van der Waals surface area contributed by atoms with Gasteiger partial charge in [-0.3, -0.25) is 4.79 Å². The minimum absolute atomic E-state index is 0.0274. The average Bonchev–Trinajstić information content (AvgIpc) is 2.27. The fourth-order valence-electron chi connectivity index (χ4n) is 1.19. The predicted octanol–water partition coefficient (Wildman–Crippen LogP) is 0.627. The lowest BCUT2D eigenvalue weighted by Gasteiger charge is -2.07. The van der Waals surface area contributed by atoms with Crippen LogP contribution in [0, 0.1) is 0 Å². The summed E-state index contributed by atoms with van der Waals surface area (Å²) in [5, 5.41) is 12.1. The van der Waals surface area contributed by atoms with Crippen LogP contribution in [0.1, 0.15) is 12.5 Å². The molecule has 0 aliphatic heterocycles. The Morgan fingerprint density at radius 1 is 1.56 bits per heavy atom. The fraction of sp³-hybridized carbons (Fsp3) is 0.364. The van der Waals surface area contributed by atoms with Crippen LogP contribution in [-0.4, -0.2) is 24.2 Å². The van der Waals surface area contributed by atoms with Gasteiger partial charge in [-0.1, -0.05) is 0 Å². The maximum atomic E-state index is 11.2. The van der Waals surface area contributed by atoms with Crippen molar-refractivity contribution >= 4 is 11.6 Å². The van der Waals surface area contributed by atoms with Crippen molar-refractivity contribution in [3.8, 4) is 5.75 Å². The molecule has 88 valence electrons. The van der Waals surface area contributed by atoms with Gasteiger partial charge in [0, 0.05) is 24.4 Å². The molecule has 1 aromatic rings. The SMILES string of the molecule is CCOCC(=O)NCc1cc(N)ccc1O. The maximum absolute atomic E-state index is 11.2. The average molecular weight is 224 g/mol. The highest BCUT2D eigenvalue weighted by Crippen LogP contribution is 2.19. The molecule has 5 nitrogen and oxygen atoms in total. The minimum Gasteiger partial charge on any atom is -0.508 e. The predicted molar refractivity (Wildman–Crippen MR) is 60.9 cm³/mol. The molecule has 1 amide bonds. The van der Waals surface area contributed by atoms with Crippen molar-refractivity contribution in [2.75, 3.05) is 18.9 Å². The van der Waals surface area contributed by atoms with Crippen LogP contribution >= 0.6 is 0 Å². The summed E-state index contributed by atoms with van der Waals surface area (Å²) in [6, 6.07) is 4.72. The Bertz CT molecular complexity index is 366. The van der Waals surface area contributed by atoms with Gasteiger partial charge in [-0.2, -0.15) is 0 Å². The standard InChI is InChI=1S/C11H16N2O3/c1-2-16-7-11(15)13-6-8-5-9(12)3-4-10(8)14/h3-5,14H,2,6-7,12H2,1H3,(H,13,15). The topological polar surface area (TPSA) is 84.6 Å². The molecule has 0 spiro atoms. The van der Waals surface area contributed by atoms with Crippen molar-refractivity contribution in [3.05, 3.63) is 23.8 Å². The summed E-state index contributed by atoms with van der Waals surface area (Å²) >= 11 is 0. The summed E-state index contributed by atoms with van der Waals surface area (Å²) in [6.07, 6.45) is 0. The van der Waals surface area contributed by atoms with Crippen LogP contribution in [0.5, 0.6) is 5.75 Å². The van der Waals surface area contributed by atoms with E-state index >= 15 is 0 Å². The molecule has 0 unspecified atom stereocenters. The number of aromatic hydroxyl groups is 1. The molecule has 0 saturated carbocycles. The van der Waals surface area contributed by atoms with E-state index in [0.717, 1.165) is 0 Å². The van der Waals surface area contributed by atoms with Gasteiger partial charge < -0.3 is 20.9 Å². The van der Waals surface area contributed by atoms with Crippen LogP contribution in [0.2, 0.25) is 0 Å². The van der Waals surface area contributed by atoms with Gasteiger partial charge in [0.1, 0.15) is 12.4 Å². The molecule has 0 atom stereocenters. The number of phenols is 1. The van der Waals surface area contributed by atoms with Gasteiger partial charge in [0.25, 0.3) is 0 Å². The number of rotatable bonds is 5. The molecule has 0 aliphatic carbocycles. The monoisotopic (exact) mass is 224 g/mol. The van der Waals surface area contributed by atoms with E-state index in [-0.39, 0.29) is 24.8 Å². The second-order valence-electron chi connectivity index (χ2n) is 3.30. The molecule has 0 bridgehead atoms. The highest BCUT2D eigenvalue weighted by atomic mass is 16.5. The largest absolute Gasteiger partial charge is 0.508 e. The quantitative estimate of drug-likeness (QED) is 0.506. The number of phenolic OH excluding ortho intramolecular Hbond substituents is 1. The lowest BCUT2D eigenvalue weighted by atomic mass is 10.2. The van der Waals surface area contributed by atoms with E-state index < -0.39 is 0 Å². The third-order valence-corrected chi connectivity index (χ3v) is 2.02. The number of ether oxygens (including phenoxy) is 1. The van der Waals surface area contributed by atoms with Gasteiger partial charge in [0.05, 0.1) is 0 Å². The number of benzene rings is 1. The molecule has 0 saturated heterocycles. The highest BCUT2D eigenvalue weighted by Gasteiger charge is 2.04.